The lowest BCUT2D eigenvalue weighted by Gasteiger charge is -2.33. The minimum Gasteiger partial charge on any atom is -0.474 e. The van der Waals surface area contributed by atoms with Crippen LogP contribution < -0.4 is 14.5 Å². The second-order valence-electron chi connectivity index (χ2n) is 14.8. The topological polar surface area (TPSA) is 132 Å². The summed E-state index contributed by atoms with van der Waals surface area (Å²) in [5, 5.41) is 16.0. The summed E-state index contributed by atoms with van der Waals surface area (Å²) in [6.07, 6.45) is -12.5. The number of rotatable bonds is 12. The molecule has 2 saturated heterocycles. The molecule has 6 heterocycles. The van der Waals surface area contributed by atoms with Crippen molar-refractivity contribution in [2.24, 2.45) is 0 Å². The lowest BCUT2D eigenvalue weighted by molar-refractivity contribution is -0.142. The van der Waals surface area contributed by atoms with Crippen LogP contribution in [0.15, 0.2) is 36.7 Å². The van der Waals surface area contributed by atoms with Gasteiger partial charge in [-0.3, -0.25) is 14.3 Å². The van der Waals surface area contributed by atoms with Gasteiger partial charge in [0.05, 0.1) is 22.8 Å². The molecule has 12 nitrogen and oxygen atoms in total. The highest BCUT2D eigenvalue weighted by Crippen LogP contribution is 2.37. The Kier molecular flexibility index (Phi) is 18.1. The monoisotopic (exact) mass is 964 g/mol. The maximum absolute atomic E-state index is 13.3. The number of anilines is 2. The molecule has 0 saturated carbocycles. The van der Waals surface area contributed by atoms with Crippen LogP contribution in [0.5, 0.6) is 5.88 Å². The maximum atomic E-state index is 13.3. The van der Waals surface area contributed by atoms with Gasteiger partial charge in [0.15, 0.2) is 24.0 Å². The number of carbonyl (C=O) groups excluding carboxylic acids is 2. The van der Waals surface area contributed by atoms with Crippen molar-refractivity contribution in [3.05, 3.63) is 75.5 Å². The van der Waals surface area contributed by atoms with Crippen molar-refractivity contribution in [1.29, 1.82) is 0 Å². The SMILES string of the molecule is CCCCn1nc(C(F)(F)F)c(C=O)c1Cl.CCCCn1nc(C(F)(F)F)c(C=O)c1OC1CCN(c2ccc(C(F)(F)F)cn2)CC1.OC1CCN(c2ccc(C(F)(F)F)cn2)CC1. The van der Waals surface area contributed by atoms with Crippen molar-refractivity contribution in [3.8, 4) is 5.88 Å². The van der Waals surface area contributed by atoms with Gasteiger partial charge in [0, 0.05) is 64.5 Å². The third-order valence-electron chi connectivity index (χ3n) is 10.1. The van der Waals surface area contributed by atoms with E-state index in [0.29, 0.717) is 76.3 Å². The van der Waals surface area contributed by atoms with Crippen molar-refractivity contribution in [3.63, 3.8) is 0 Å². The number of aryl methyl sites for hydroxylation is 2. The molecule has 25 heteroatoms. The van der Waals surface area contributed by atoms with Crippen molar-refractivity contribution in [2.45, 2.75) is 115 Å². The van der Waals surface area contributed by atoms with Crippen LogP contribution in [0.3, 0.4) is 0 Å². The Bertz CT molecular complexity index is 2130. The van der Waals surface area contributed by atoms with Gasteiger partial charge in [0.2, 0.25) is 5.88 Å². The maximum Gasteiger partial charge on any atom is 0.436 e. The Hall–Kier alpha value is -5.13. The first kappa shape index (κ1) is 52.5. The van der Waals surface area contributed by atoms with E-state index < -0.39 is 64.5 Å². The van der Waals surface area contributed by atoms with E-state index in [1.165, 1.54) is 12.1 Å². The van der Waals surface area contributed by atoms with Gasteiger partial charge in [-0.15, -0.1) is 0 Å². The van der Waals surface area contributed by atoms with Crippen molar-refractivity contribution in [2.75, 3.05) is 36.0 Å². The van der Waals surface area contributed by atoms with Crippen LogP contribution in [-0.4, -0.2) is 85.6 Å². The number of hydrogen-bond donors (Lipinski definition) is 1. The van der Waals surface area contributed by atoms with Crippen LogP contribution in [0.4, 0.5) is 64.3 Å². The first-order chi connectivity index (χ1) is 30.4. The molecule has 0 amide bonds. The van der Waals surface area contributed by atoms with Crippen LogP contribution in [-0.2, 0) is 37.8 Å². The number of aromatic nitrogens is 6. The zero-order chi connectivity index (χ0) is 48.3. The Balaban J connectivity index is 0.000000236. The first-order valence-corrected chi connectivity index (χ1v) is 20.6. The van der Waals surface area contributed by atoms with E-state index in [-0.39, 0.29) is 42.8 Å². The van der Waals surface area contributed by atoms with Crippen LogP contribution in [0.2, 0.25) is 5.15 Å². The van der Waals surface area contributed by atoms with Gasteiger partial charge in [-0.1, -0.05) is 38.3 Å². The Labute approximate surface area is 369 Å². The highest BCUT2D eigenvalue weighted by Gasteiger charge is 2.41. The number of hydrogen-bond acceptors (Lipinski definition) is 10. The van der Waals surface area contributed by atoms with Crippen molar-refractivity contribution >= 4 is 35.8 Å². The summed E-state index contributed by atoms with van der Waals surface area (Å²) in [7, 11) is 0. The second kappa shape index (κ2) is 22.4. The molecule has 2 aliphatic rings. The first-order valence-electron chi connectivity index (χ1n) is 20.3. The van der Waals surface area contributed by atoms with Gasteiger partial charge in [0.25, 0.3) is 0 Å². The normalized spacial score (nSPS) is 15.5. The average molecular weight is 965 g/mol. The summed E-state index contributed by atoms with van der Waals surface area (Å²) in [6, 6.07) is 4.64. The molecule has 4 aromatic rings. The summed E-state index contributed by atoms with van der Waals surface area (Å²) in [5.74, 6) is 0.703. The predicted octanol–water partition coefficient (Wildman–Crippen LogP) is 10.2. The standard InChI is InChI=1S/C20H22F6N4O2.C11H13F3N2O.C9H10ClF3N2O/c1-2-3-8-30-18(15(12-31)17(28-30)20(24,25)26)32-14-6-9-29(10-7-14)16-5-4-13(11-27-16)19(21,22)23;12-11(13,14)8-1-2-10(15-7-8)16-5-3-9(17)4-6-16;1-2-3-4-15-8(10)6(5-16)7(14-15)9(11,12)13/h4-5,11-12,14H,2-3,6-10H2,1H3;1-2,7,9,17H,3-6H2;5H,2-4H2,1H3. The zero-order valence-corrected chi connectivity index (χ0v) is 35.6. The van der Waals surface area contributed by atoms with E-state index in [9.17, 15) is 67.4 Å². The molecule has 0 aromatic carbocycles. The Morgan fingerprint density at radius 2 is 1.06 bits per heavy atom. The fourth-order valence-corrected chi connectivity index (χ4v) is 6.78. The largest absolute Gasteiger partial charge is 0.474 e. The summed E-state index contributed by atoms with van der Waals surface area (Å²) in [5.41, 5.74) is -5.29. The number of aliphatic hydroxyl groups is 1. The fraction of sp³-hybridized carbons (Fsp3) is 0.550. The van der Waals surface area contributed by atoms with E-state index in [1.807, 2.05) is 18.7 Å². The van der Waals surface area contributed by atoms with Crippen LogP contribution in [0.1, 0.15) is 108 Å². The van der Waals surface area contributed by atoms with Gasteiger partial charge in [-0.05, 0) is 49.9 Å². The number of aliphatic hydroxyl groups excluding tert-OH is 1. The molecular weight excluding hydrogens is 920 g/mol. The molecule has 6 rings (SSSR count). The third-order valence-corrected chi connectivity index (χ3v) is 10.5. The summed E-state index contributed by atoms with van der Waals surface area (Å²) < 4.78 is 160. The number of carbonyl (C=O) groups is 2. The van der Waals surface area contributed by atoms with Gasteiger partial charge < -0.3 is 19.6 Å². The van der Waals surface area contributed by atoms with Crippen molar-refractivity contribution in [1.82, 2.24) is 29.5 Å². The molecule has 0 aliphatic carbocycles. The highest BCUT2D eigenvalue weighted by molar-refractivity contribution is 6.32. The molecule has 0 spiro atoms. The van der Waals surface area contributed by atoms with Gasteiger partial charge in [-0.2, -0.15) is 62.9 Å². The smallest absolute Gasteiger partial charge is 0.436 e. The van der Waals surface area contributed by atoms with E-state index in [2.05, 4.69) is 20.2 Å². The van der Waals surface area contributed by atoms with E-state index in [1.54, 1.807) is 4.90 Å². The third kappa shape index (κ3) is 14.4. The number of alkyl halides is 12. The lowest BCUT2D eigenvalue weighted by Crippen LogP contribution is -2.39. The number of aldehydes is 2. The molecular formula is C40H45ClF12N8O4. The molecule has 0 radical (unpaired) electrons. The summed E-state index contributed by atoms with van der Waals surface area (Å²) in [4.78, 5) is 33.3. The molecule has 0 bridgehead atoms. The molecule has 0 atom stereocenters. The van der Waals surface area contributed by atoms with Crippen LogP contribution >= 0.6 is 11.6 Å². The molecule has 65 heavy (non-hydrogen) atoms. The molecule has 360 valence electrons. The predicted molar refractivity (Wildman–Crippen MR) is 212 cm³/mol. The summed E-state index contributed by atoms with van der Waals surface area (Å²) >= 11 is 5.64. The number of piperidine rings is 2. The number of halogens is 13. The molecule has 2 aliphatic heterocycles. The minimum atomic E-state index is -4.79. The fourth-order valence-electron chi connectivity index (χ4n) is 6.52. The van der Waals surface area contributed by atoms with Gasteiger partial charge >= 0.3 is 24.7 Å². The number of ether oxygens (including phenoxy) is 1. The van der Waals surface area contributed by atoms with Gasteiger partial charge in [0.1, 0.15) is 28.5 Å². The van der Waals surface area contributed by atoms with Crippen LogP contribution in [0, 0.1) is 0 Å². The quantitative estimate of drug-likeness (QED) is 0.108. The van der Waals surface area contributed by atoms with E-state index >= 15 is 0 Å². The van der Waals surface area contributed by atoms with Crippen LogP contribution in [0.25, 0.3) is 0 Å². The lowest BCUT2D eigenvalue weighted by atomic mass is 10.1. The minimum absolute atomic E-state index is 0.0839. The molecule has 2 fully saturated rings. The Morgan fingerprint density at radius 1 is 0.646 bits per heavy atom. The van der Waals surface area contributed by atoms with E-state index in [0.717, 1.165) is 46.7 Å². The number of pyridine rings is 2. The van der Waals surface area contributed by atoms with E-state index in [4.69, 9.17) is 16.3 Å². The zero-order valence-electron chi connectivity index (χ0n) is 34.8. The highest BCUT2D eigenvalue weighted by atomic mass is 35.5. The molecule has 0 unspecified atom stereocenters. The average Bonchev–Trinajstić information content (AvgIpc) is 3.78. The van der Waals surface area contributed by atoms with Gasteiger partial charge in [-0.25, -0.2) is 14.6 Å². The second-order valence-corrected chi connectivity index (χ2v) is 15.2. The molecule has 4 aromatic heterocycles. The summed E-state index contributed by atoms with van der Waals surface area (Å²) in [6.45, 7) is 6.23. The number of unbranched alkanes of at least 4 members (excludes halogenated alkanes) is 2. The Morgan fingerprint density at radius 3 is 1.43 bits per heavy atom. The molecule has 1 N–H and O–H groups in total. The van der Waals surface area contributed by atoms with Crippen molar-refractivity contribution < 1.29 is 72.1 Å². The number of nitrogens with zero attached hydrogens (tertiary/aromatic N) is 8.